The maximum Gasteiger partial charge on any atom is 0.472 e. The van der Waals surface area contributed by atoms with Gasteiger partial charge in [-0.3, -0.25) is 4.99 Å². The van der Waals surface area contributed by atoms with Gasteiger partial charge in [0.1, 0.15) is 10.7 Å². The largest absolute Gasteiger partial charge is 0.472 e. The molecular weight excluding hydrogens is 258 g/mol. The summed E-state index contributed by atoms with van der Waals surface area (Å²) in [5.41, 5.74) is 1.35. The summed E-state index contributed by atoms with van der Waals surface area (Å²) in [6.07, 6.45) is 0.918. The van der Waals surface area contributed by atoms with Gasteiger partial charge in [-0.1, -0.05) is 42.5 Å². The van der Waals surface area contributed by atoms with E-state index in [-0.39, 0.29) is 0 Å². The highest BCUT2D eigenvalue weighted by Gasteiger charge is 2.07. The van der Waals surface area contributed by atoms with E-state index in [4.69, 9.17) is 15.3 Å². The zero-order valence-corrected chi connectivity index (χ0v) is 10.9. The Morgan fingerprint density at radius 2 is 1.85 bits per heavy atom. The second-order valence-corrected chi connectivity index (χ2v) is 4.32. The number of hydrogen-bond donors (Lipinski definition) is 3. The zero-order chi connectivity index (χ0) is 14.4. The van der Waals surface area contributed by atoms with Crippen LogP contribution in [0.2, 0.25) is 0 Å². The van der Waals surface area contributed by atoms with Gasteiger partial charge in [0, 0.05) is 13.0 Å². The molecule has 1 aliphatic heterocycles. The van der Waals surface area contributed by atoms with E-state index in [2.05, 4.69) is 52.8 Å². The van der Waals surface area contributed by atoms with Crippen molar-refractivity contribution in [2.75, 3.05) is 13.1 Å². The van der Waals surface area contributed by atoms with Gasteiger partial charge < -0.3 is 5.32 Å². The van der Waals surface area contributed by atoms with Crippen LogP contribution in [0.5, 0.6) is 0 Å². The second-order valence-electron chi connectivity index (χ2n) is 4.32. The van der Waals surface area contributed by atoms with E-state index in [1.165, 1.54) is 16.3 Å². The van der Waals surface area contributed by atoms with Gasteiger partial charge in [0.2, 0.25) is 0 Å². The van der Waals surface area contributed by atoms with Crippen LogP contribution in [0.15, 0.2) is 47.5 Å². The topological polar surface area (TPSA) is 84.9 Å². The Balaban J connectivity index is 0.000000328. The zero-order valence-electron chi connectivity index (χ0n) is 10.9. The molecule has 2 aromatic rings. The first-order valence-electron chi connectivity index (χ1n) is 6.25. The normalized spacial score (nSPS) is 13.1. The third-order valence-electron chi connectivity index (χ3n) is 2.98. The lowest BCUT2D eigenvalue weighted by Gasteiger charge is -2.06. The molecule has 0 fully saturated rings. The number of nitrogens with zero attached hydrogens (tertiary/aromatic N) is 2. The van der Waals surface area contributed by atoms with Crippen LogP contribution in [0.25, 0.3) is 10.8 Å². The van der Waals surface area contributed by atoms with Gasteiger partial charge in [0.15, 0.2) is 0 Å². The average Bonchev–Trinajstić information content (AvgIpc) is 2.91. The van der Waals surface area contributed by atoms with Gasteiger partial charge in [-0.05, 0) is 16.3 Å². The van der Waals surface area contributed by atoms with Gasteiger partial charge in [0.25, 0.3) is 0 Å². The summed E-state index contributed by atoms with van der Waals surface area (Å²) >= 11 is 0. The smallest absolute Gasteiger partial charge is 0.372 e. The van der Waals surface area contributed by atoms with Crippen molar-refractivity contribution < 1.29 is 15.5 Å². The van der Waals surface area contributed by atoms with E-state index in [1.807, 2.05) is 0 Å². The predicted octanol–water partition coefficient (Wildman–Crippen LogP) is 1.93. The van der Waals surface area contributed by atoms with E-state index in [0.717, 1.165) is 25.3 Å². The summed E-state index contributed by atoms with van der Waals surface area (Å²) in [7, 11) is 0. The Bertz CT molecular complexity index is 631. The van der Waals surface area contributed by atoms with Gasteiger partial charge >= 0.3 is 5.09 Å². The van der Waals surface area contributed by atoms with E-state index in [9.17, 15) is 0 Å². The molecule has 0 bridgehead atoms. The Labute approximate surface area is 115 Å². The molecule has 0 amide bonds. The highest BCUT2D eigenvalue weighted by atomic mass is 16.9. The number of rotatable bonds is 2. The second kappa shape index (κ2) is 6.51. The average molecular weight is 274 g/mol. The predicted molar refractivity (Wildman–Crippen MR) is 75.2 cm³/mol. The van der Waals surface area contributed by atoms with Gasteiger partial charge in [0.05, 0.1) is 6.54 Å². The fourth-order valence-electron chi connectivity index (χ4n) is 2.19. The lowest BCUT2D eigenvalue weighted by molar-refractivity contribution is -0.969. The summed E-state index contributed by atoms with van der Waals surface area (Å²) in [6.45, 7) is 1.90. The molecule has 104 valence electrons. The van der Waals surface area contributed by atoms with Crippen molar-refractivity contribution in [1.29, 1.82) is 0 Å². The number of fused-ring (bicyclic) bond motifs is 1. The molecule has 0 aromatic heterocycles. The Hall–Kier alpha value is -2.63. The first-order valence-corrected chi connectivity index (χ1v) is 6.25. The van der Waals surface area contributed by atoms with Crippen LogP contribution in [0.3, 0.4) is 0 Å². The Kier molecular flexibility index (Phi) is 4.49. The third kappa shape index (κ3) is 3.68. The molecule has 20 heavy (non-hydrogen) atoms. The van der Waals surface area contributed by atoms with Gasteiger partial charge in [-0.25, -0.2) is 10.4 Å². The molecule has 3 rings (SSSR count). The molecule has 0 radical (unpaired) electrons. The molecule has 0 atom stereocenters. The van der Waals surface area contributed by atoms with E-state index < -0.39 is 5.09 Å². The maximum absolute atomic E-state index is 8.47. The number of benzene rings is 2. The highest BCUT2D eigenvalue weighted by Crippen LogP contribution is 2.19. The molecule has 0 aliphatic carbocycles. The molecule has 0 saturated heterocycles. The number of nitrogens with one attached hydrogen (secondary N) is 1. The van der Waals surface area contributed by atoms with Crippen LogP contribution in [0.4, 0.5) is 0 Å². The fourth-order valence-corrected chi connectivity index (χ4v) is 2.19. The maximum atomic E-state index is 8.47. The van der Waals surface area contributed by atoms with Crippen LogP contribution >= 0.6 is 0 Å². The van der Waals surface area contributed by atoms with E-state index in [0.29, 0.717) is 0 Å². The quantitative estimate of drug-likeness (QED) is 0.730. The monoisotopic (exact) mass is 274 g/mol. The van der Waals surface area contributed by atoms with Crippen molar-refractivity contribution in [3.05, 3.63) is 52.9 Å². The Morgan fingerprint density at radius 1 is 1.15 bits per heavy atom. The van der Waals surface area contributed by atoms with Crippen molar-refractivity contribution >= 4 is 16.6 Å². The molecule has 6 nitrogen and oxygen atoms in total. The molecule has 2 aromatic carbocycles. The molecule has 0 unspecified atom stereocenters. The molecule has 3 N–H and O–H groups in total. The van der Waals surface area contributed by atoms with Crippen LogP contribution in [-0.4, -0.2) is 34.4 Å². The summed E-state index contributed by atoms with van der Waals surface area (Å²) in [5.74, 6) is 1.12. The van der Waals surface area contributed by atoms with Gasteiger partial charge in [-0.2, -0.15) is 0 Å². The van der Waals surface area contributed by atoms with Crippen molar-refractivity contribution in [1.82, 2.24) is 5.32 Å². The van der Waals surface area contributed by atoms with Gasteiger partial charge in [-0.15, -0.1) is 0 Å². The third-order valence-corrected chi connectivity index (χ3v) is 2.98. The SMILES string of the molecule is O=[N+](O)O.c1ccc2c(CC3=NCCN3)cccc2c1. The fraction of sp³-hybridized carbons (Fsp3) is 0.214. The number of hydrogen-bond acceptors (Lipinski definition) is 3. The van der Waals surface area contributed by atoms with Crippen molar-refractivity contribution in [2.24, 2.45) is 4.99 Å². The summed E-state index contributed by atoms with van der Waals surface area (Å²) in [4.78, 5) is 12.9. The minimum Gasteiger partial charge on any atom is -0.372 e. The number of amidine groups is 1. The van der Waals surface area contributed by atoms with Crippen LogP contribution in [0, 0.1) is 4.91 Å². The van der Waals surface area contributed by atoms with Crippen LogP contribution in [-0.2, 0) is 6.42 Å². The van der Waals surface area contributed by atoms with E-state index in [1.54, 1.807) is 0 Å². The lowest BCUT2D eigenvalue weighted by Crippen LogP contribution is -2.20. The first-order chi connectivity index (χ1) is 9.66. The summed E-state index contributed by atoms with van der Waals surface area (Å²) in [6, 6.07) is 15.0. The summed E-state index contributed by atoms with van der Waals surface area (Å²) in [5, 5.41) is 18.5. The number of aliphatic imine (C=N–C) groups is 1. The minimum absolute atomic E-state index is 0.917. The molecule has 1 heterocycles. The molecule has 0 saturated carbocycles. The summed E-state index contributed by atoms with van der Waals surface area (Å²) < 4.78 is 0. The first kappa shape index (κ1) is 13.8. The van der Waals surface area contributed by atoms with Crippen LogP contribution < -0.4 is 5.32 Å². The Morgan fingerprint density at radius 3 is 2.55 bits per heavy atom. The standard InChI is InChI=1S/C14H14N2.H2NO3/c1-2-7-13-11(4-1)5-3-6-12(13)10-14-15-8-9-16-14;2-1(3)4/h1-7H,8-10H2,(H,15,16);(H2,2,3,4)/q;+1. The van der Waals surface area contributed by atoms with Crippen molar-refractivity contribution in [2.45, 2.75) is 6.42 Å². The van der Waals surface area contributed by atoms with Crippen molar-refractivity contribution in [3.63, 3.8) is 0 Å². The highest BCUT2D eigenvalue weighted by molar-refractivity contribution is 5.92. The lowest BCUT2D eigenvalue weighted by atomic mass is 10.0. The van der Waals surface area contributed by atoms with Crippen LogP contribution in [0.1, 0.15) is 5.56 Å². The van der Waals surface area contributed by atoms with E-state index >= 15 is 0 Å². The molecule has 1 aliphatic rings. The molecule has 0 spiro atoms. The minimum atomic E-state index is -1.25. The molecule has 6 heteroatoms. The molecular formula is C14H16N3O3+. The van der Waals surface area contributed by atoms with Crippen molar-refractivity contribution in [3.8, 4) is 0 Å².